The van der Waals surface area contributed by atoms with Gasteiger partial charge in [-0.1, -0.05) is 26.8 Å². The molecular formula is C19H22O4. The number of carbonyl (C=O) groups excluding carboxylic acids is 3. The summed E-state index contributed by atoms with van der Waals surface area (Å²) in [7, 11) is 0. The highest BCUT2D eigenvalue weighted by Crippen LogP contribution is 2.69. The van der Waals surface area contributed by atoms with E-state index in [0.29, 0.717) is 18.6 Å². The monoisotopic (exact) mass is 314 g/mol. The van der Waals surface area contributed by atoms with Crippen molar-refractivity contribution in [2.24, 2.45) is 16.2 Å². The lowest BCUT2D eigenvalue weighted by molar-refractivity contribution is -0.157. The maximum absolute atomic E-state index is 12.9. The van der Waals surface area contributed by atoms with E-state index in [1.807, 2.05) is 33.8 Å². The summed E-state index contributed by atoms with van der Waals surface area (Å²) in [5.74, 6) is -1.16. The molecule has 0 heterocycles. The van der Waals surface area contributed by atoms with E-state index in [1.165, 1.54) is 0 Å². The average molecular weight is 314 g/mol. The van der Waals surface area contributed by atoms with Gasteiger partial charge in [0.25, 0.3) is 0 Å². The molecule has 0 unspecified atom stereocenters. The molecule has 0 aliphatic heterocycles. The molecule has 0 amide bonds. The molecule has 3 rings (SSSR count). The third-order valence-corrected chi connectivity index (χ3v) is 6.30. The van der Waals surface area contributed by atoms with Gasteiger partial charge >= 0.3 is 5.97 Å². The van der Waals surface area contributed by atoms with Crippen LogP contribution in [-0.2, 0) is 14.4 Å². The average Bonchev–Trinajstić information content (AvgIpc) is 2.70. The first-order valence-electron chi connectivity index (χ1n) is 7.96. The van der Waals surface area contributed by atoms with Gasteiger partial charge in [0, 0.05) is 10.8 Å². The smallest absolute Gasteiger partial charge is 0.326 e. The molecule has 0 spiro atoms. The van der Waals surface area contributed by atoms with Gasteiger partial charge < -0.3 is 4.74 Å². The molecular weight excluding hydrogens is 292 g/mol. The number of aryl methyl sites for hydroxylation is 2. The number of hydrogen-bond acceptors (Lipinski definition) is 4. The Kier molecular flexibility index (Phi) is 3.13. The van der Waals surface area contributed by atoms with E-state index in [-0.39, 0.29) is 0 Å². The van der Waals surface area contributed by atoms with Crippen LogP contribution in [0.4, 0.5) is 0 Å². The van der Waals surface area contributed by atoms with Crippen LogP contribution in [0.3, 0.4) is 0 Å². The Balaban J connectivity index is 2.02. The van der Waals surface area contributed by atoms with Crippen molar-refractivity contribution in [1.82, 2.24) is 0 Å². The molecule has 1 aromatic rings. The number of hydrogen-bond donors (Lipinski definition) is 0. The van der Waals surface area contributed by atoms with Crippen molar-refractivity contribution in [3.63, 3.8) is 0 Å². The molecule has 0 saturated heterocycles. The van der Waals surface area contributed by atoms with E-state index in [0.717, 1.165) is 11.1 Å². The second kappa shape index (κ2) is 4.53. The lowest BCUT2D eigenvalue weighted by Crippen LogP contribution is -2.47. The molecule has 0 N–H and O–H groups in total. The Morgan fingerprint density at radius 3 is 2.00 bits per heavy atom. The maximum atomic E-state index is 12.9. The molecule has 2 fully saturated rings. The van der Waals surface area contributed by atoms with E-state index < -0.39 is 33.8 Å². The topological polar surface area (TPSA) is 60.4 Å². The molecule has 2 aliphatic rings. The molecule has 0 aromatic heterocycles. The number of benzene rings is 1. The van der Waals surface area contributed by atoms with Gasteiger partial charge in [-0.25, -0.2) is 0 Å². The van der Waals surface area contributed by atoms with Crippen molar-refractivity contribution in [3.05, 3.63) is 29.3 Å². The normalized spacial score (nSPS) is 31.5. The molecule has 122 valence electrons. The van der Waals surface area contributed by atoms with Gasteiger partial charge in [0.1, 0.15) is 11.2 Å². The zero-order valence-corrected chi connectivity index (χ0v) is 14.3. The third-order valence-electron chi connectivity index (χ3n) is 6.30. The Hall–Kier alpha value is -1.97. The highest BCUT2D eigenvalue weighted by molar-refractivity contribution is 6.48. The summed E-state index contributed by atoms with van der Waals surface area (Å²) in [6.07, 6.45) is 0.928. The number of ketones is 2. The standard InChI is InChI=1S/C19H22O4/c1-11-8-12(2)10-13(9-11)23-16(22)19-7-6-18(5,17(19,3)4)14(20)15(19)21/h8-10H,6-7H2,1-5H3/t18-,19-/m0/s1. The fraction of sp³-hybridized carbons (Fsp3) is 0.526. The van der Waals surface area contributed by atoms with Crippen molar-refractivity contribution >= 4 is 17.5 Å². The van der Waals surface area contributed by atoms with Gasteiger partial charge in [0.05, 0.1) is 0 Å². The van der Waals surface area contributed by atoms with E-state index >= 15 is 0 Å². The molecule has 1 aromatic carbocycles. The summed E-state index contributed by atoms with van der Waals surface area (Å²) in [5.41, 5.74) is -0.893. The van der Waals surface area contributed by atoms with E-state index in [1.54, 1.807) is 19.1 Å². The minimum atomic E-state index is -1.35. The number of esters is 1. The summed E-state index contributed by atoms with van der Waals surface area (Å²) in [4.78, 5) is 38.0. The summed E-state index contributed by atoms with van der Waals surface area (Å²) < 4.78 is 5.57. The Morgan fingerprint density at radius 2 is 1.52 bits per heavy atom. The Bertz CT molecular complexity index is 725. The van der Waals surface area contributed by atoms with Crippen LogP contribution in [-0.4, -0.2) is 17.5 Å². The molecule has 2 bridgehead atoms. The molecule has 4 heteroatoms. The van der Waals surface area contributed by atoms with Gasteiger partial charge in [-0.05, 0) is 49.9 Å². The van der Waals surface area contributed by atoms with Gasteiger partial charge in [0.15, 0.2) is 0 Å². The fourth-order valence-corrected chi connectivity index (χ4v) is 4.41. The predicted octanol–water partition coefficient (Wildman–Crippen LogP) is 3.17. The maximum Gasteiger partial charge on any atom is 0.326 e. The van der Waals surface area contributed by atoms with Crippen LogP contribution < -0.4 is 4.74 Å². The first kappa shape index (κ1) is 15.9. The molecule has 2 saturated carbocycles. The number of carbonyl (C=O) groups is 3. The van der Waals surface area contributed by atoms with Crippen molar-refractivity contribution < 1.29 is 19.1 Å². The summed E-state index contributed by atoms with van der Waals surface area (Å²) in [5, 5.41) is 0. The van der Waals surface area contributed by atoms with Gasteiger partial charge in [0.2, 0.25) is 11.6 Å². The Morgan fingerprint density at radius 1 is 0.957 bits per heavy atom. The molecule has 2 aliphatic carbocycles. The number of fused-ring (bicyclic) bond motifs is 2. The highest BCUT2D eigenvalue weighted by atomic mass is 16.5. The quantitative estimate of drug-likeness (QED) is 0.364. The largest absolute Gasteiger partial charge is 0.426 e. The van der Waals surface area contributed by atoms with Crippen LogP contribution >= 0.6 is 0 Å². The SMILES string of the molecule is Cc1cc(C)cc(OC(=O)[C@]23CC[C@@](C)(C(=O)C2=O)C3(C)C)c1. The first-order chi connectivity index (χ1) is 10.6. The van der Waals surface area contributed by atoms with Gasteiger partial charge in [-0.3, -0.25) is 14.4 Å². The van der Waals surface area contributed by atoms with Crippen molar-refractivity contribution in [1.29, 1.82) is 0 Å². The van der Waals surface area contributed by atoms with Crippen LogP contribution in [0, 0.1) is 30.1 Å². The number of Topliss-reactive ketones (excluding diaryl/α,β-unsaturated/α-hetero) is 2. The van der Waals surface area contributed by atoms with Crippen LogP contribution in [0.15, 0.2) is 18.2 Å². The van der Waals surface area contributed by atoms with Crippen molar-refractivity contribution in [2.45, 2.75) is 47.5 Å². The summed E-state index contributed by atoms with van der Waals surface area (Å²) in [6.45, 7) is 9.32. The molecule has 23 heavy (non-hydrogen) atoms. The number of rotatable bonds is 2. The van der Waals surface area contributed by atoms with E-state index in [9.17, 15) is 14.4 Å². The van der Waals surface area contributed by atoms with E-state index in [2.05, 4.69) is 0 Å². The van der Waals surface area contributed by atoms with E-state index in [4.69, 9.17) is 4.74 Å². The molecule has 0 radical (unpaired) electrons. The third kappa shape index (κ3) is 1.75. The van der Waals surface area contributed by atoms with Crippen molar-refractivity contribution in [2.75, 3.05) is 0 Å². The second-order valence-corrected chi connectivity index (χ2v) is 7.73. The fourth-order valence-electron chi connectivity index (χ4n) is 4.41. The molecule has 4 nitrogen and oxygen atoms in total. The van der Waals surface area contributed by atoms with Crippen LogP contribution in [0.2, 0.25) is 0 Å². The summed E-state index contributed by atoms with van der Waals surface area (Å²) >= 11 is 0. The predicted molar refractivity (Wildman–Crippen MR) is 85.1 cm³/mol. The highest BCUT2D eigenvalue weighted by Gasteiger charge is 2.78. The minimum absolute atomic E-state index is 0.380. The van der Waals surface area contributed by atoms with Crippen LogP contribution in [0.25, 0.3) is 0 Å². The van der Waals surface area contributed by atoms with Crippen LogP contribution in [0.1, 0.15) is 44.7 Å². The van der Waals surface area contributed by atoms with Gasteiger partial charge in [-0.15, -0.1) is 0 Å². The van der Waals surface area contributed by atoms with Crippen LogP contribution in [0.5, 0.6) is 5.75 Å². The number of ether oxygens (including phenoxy) is 1. The zero-order valence-electron chi connectivity index (χ0n) is 14.3. The molecule has 2 atom stereocenters. The first-order valence-corrected chi connectivity index (χ1v) is 7.96. The second-order valence-electron chi connectivity index (χ2n) is 7.73. The Labute approximate surface area is 136 Å². The van der Waals surface area contributed by atoms with Gasteiger partial charge in [-0.2, -0.15) is 0 Å². The zero-order chi connectivity index (χ0) is 17.2. The minimum Gasteiger partial charge on any atom is -0.426 e. The summed E-state index contributed by atoms with van der Waals surface area (Å²) in [6, 6.07) is 5.52. The lowest BCUT2D eigenvalue weighted by atomic mass is 9.65. The van der Waals surface area contributed by atoms with Crippen molar-refractivity contribution in [3.8, 4) is 5.75 Å². The lowest BCUT2D eigenvalue weighted by Gasteiger charge is -2.36.